The van der Waals surface area contributed by atoms with Crippen molar-refractivity contribution in [2.75, 3.05) is 36.8 Å². The average Bonchev–Trinajstić information content (AvgIpc) is 2.83. The first kappa shape index (κ1) is 27.1. The molecule has 186 valence electrons. The second-order valence-electron chi connectivity index (χ2n) is 7.93. The summed E-state index contributed by atoms with van der Waals surface area (Å²) in [6.45, 7) is 2.26. The number of nitrogens with one attached hydrogen (secondary N) is 4. The van der Waals surface area contributed by atoms with Gasteiger partial charge < -0.3 is 41.7 Å². The van der Waals surface area contributed by atoms with Gasteiger partial charge in [-0.2, -0.15) is 0 Å². The second kappa shape index (κ2) is 14.9. The predicted molar refractivity (Wildman–Crippen MR) is 130 cm³/mol. The topological polar surface area (TPSA) is 163 Å². The highest BCUT2D eigenvalue weighted by atomic mass is 16.3. The van der Waals surface area contributed by atoms with Crippen molar-refractivity contribution in [1.82, 2.24) is 10.6 Å². The number of carbonyl (C=O) groups excluding carboxylic acids is 2. The summed E-state index contributed by atoms with van der Waals surface area (Å²) in [5, 5.41) is 51.1. The fraction of sp³-hybridized carbons (Fsp3) is 0.417. The van der Waals surface area contributed by atoms with Gasteiger partial charge in [-0.05, 0) is 61.3 Å². The normalized spacial score (nSPS) is 12.6. The lowest BCUT2D eigenvalue weighted by Gasteiger charge is -2.14. The summed E-state index contributed by atoms with van der Waals surface area (Å²) in [6, 6.07) is 9.19. The Morgan fingerprint density at radius 2 is 1.09 bits per heavy atom. The van der Waals surface area contributed by atoms with Crippen molar-refractivity contribution >= 4 is 24.2 Å². The number of aliphatic hydroxyl groups excluding tert-OH is 2. The van der Waals surface area contributed by atoms with Crippen molar-refractivity contribution in [2.45, 2.75) is 37.9 Å². The second-order valence-corrected chi connectivity index (χ2v) is 7.93. The van der Waals surface area contributed by atoms with E-state index in [9.17, 15) is 30.0 Å². The lowest BCUT2D eigenvalue weighted by atomic mass is 10.1. The van der Waals surface area contributed by atoms with Crippen LogP contribution < -0.4 is 21.3 Å². The molecule has 2 aromatic carbocycles. The number of carbonyl (C=O) groups is 2. The standard InChI is InChI=1S/C24H34N4O6/c29-15-27-19-11-17(5-7-21(19)31)23(33)13-25-9-3-1-2-4-10-26-14-24(34)18-6-8-22(32)20(12-18)28-16-30/h5-8,11-12,15-16,23-26,31-34H,1-4,9-10,13-14H2,(H,27,29)(H,28,30). The minimum atomic E-state index is -0.748. The molecule has 0 bridgehead atoms. The lowest BCUT2D eigenvalue weighted by Crippen LogP contribution is -2.23. The van der Waals surface area contributed by atoms with Gasteiger partial charge in [0, 0.05) is 13.1 Å². The van der Waals surface area contributed by atoms with Crippen molar-refractivity contribution < 1.29 is 30.0 Å². The highest BCUT2D eigenvalue weighted by molar-refractivity contribution is 5.76. The summed E-state index contributed by atoms with van der Waals surface area (Å²) in [4.78, 5) is 21.1. The van der Waals surface area contributed by atoms with Crippen molar-refractivity contribution in [3.8, 4) is 11.5 Å². The third-order valence-electron chi connectivity index (χ3n) is 5.37. The van der Waals surface area contributed by atoms with E-state index in [4.69, 9.17) is 0 Å². The van der Waals surface area contributed by atoms with Crippen LogP contribution in [0.15, 0.2) is 36.4 Å². The molecule has 10 heteroatoms. The molecule has 0 aromatic heterocycles. The number of rotatable bonds is 17. The Morgan fingerprint density at radius 3 is 1.47 bits per heavy atom. The van der Waals surface area contributed by atoms with Gasteiger partial charge in [-0.3, -0.25) is 9.59 Å². The zero-order valence-electron chi connectivity index (χ0n) is 19.0. The molecule has 2 unspecified atom stereocenters. The summed E-state index contributed by atoms with van der Waals surface area (Å²) < 4.78 is 0. The van der Waals surface area contributed by atoms with E-state index < -0.39 is 12.2 Å². The fourth-order valence-electron chi connectivity index (χ4n) is 3.45. The Morgan fingerprint density at radius 1 is 0.676 bits per heavy atom. The molecule has 0 radical (unpaired) electrons. The minimum absolute atomic E-state index is 0.0543. The molecular weight excluding hydrogens is 440 g/mol. The highest BCUT2D eigenvalue weighted by Gasteiger charge is 2.11. The maximum absolute atomic E-state index is 10.6. The van der Waals surface area contributed by atoms with Crippen LogP contribution in [0.4, 0.5) is 11.4 Å². The molecule has 34 heavy (non-hydrogen) atoms. The van der Waals surface area contributed by atoms with Crippen LogP contribution in [0.1, 0.15) is 49.0 Å². The Hall–Kier alpha value is -3.18. The van der Waals surface area contributed by atoms with Gasteiger partial charge in [-0.1, -0.05) is 25.0 Å². The molecule has 0 heterocycles. The Kier molecular flexibility index (Phi) is 11.8. The largest absolute Gasteiger partial charge is 0.506 e. The van der Waals surface area contributed by atoms with Gasteiger partial charge in [0.05, 0.1) is 23.6 Å². The third-order valence-corrected chi connectivity index (χ3v) is 5.37. The molecule has 0 saturated carbocycles. The number of aromatic hydroxyl groups is 2. The number of anilines is 2. The van der Waals surface area contributed by atoms with Crippen molar-refractivity contribution in [3.05, 3.63) is 47.5 Å². The van der Waals surface area contributed by atoms with E-state index in [0.29, 0.717) is 37.0 Å². The third kappa shape index (κ3) is 8.99. The molecule has 0 saturated heterocycles. The number of amides is 2. The molecule has 2 amide bonds. The molecular formula is C24H34N4O6. The molecule has 2 atom stereocenters. The fourth-order valence-corrected chi connectivity index (χ4v) is 3.45. The van der Waals surface area contributed by atoms with Crippen LogP contribution in [-0.4, -0.2) is 59.4 Å². The first-order valence-corrected chi connectivity index (χ1v) is 11.3. The van der Waals surface area contributed by atoms with Crippen LogP contribution in [0.2, 0.25) is 0 Å². The SMILES string of the molecule is O=CNc1cc(C(O)CNCCCCCCNCC(O)c2ccc(O)c(NC=O)c2)ccc1O. The number of phenols is 2. The molecule has 2 aromatic rings. The van der Waals surface area contributed by atoms with Gasteiger partial charge in [0.2, 0.25) is 12.8 Å². The number of unbranched alkanes of at least 4 members (excludes halogenated alkanes) is 3. The van der Waals surface area contributed by atoms with E-state index in [1.54, 1.807) is 24.3 Å². The van der Waals surface area contributed by atoms with Crippen molar-refractivity contribution in [2.24, 2.45) is 0 Å². The lowest BCUT2D eigenvalue weighted by molar-refractivity contribution is -0.106. The molecule has 0 fully saturated rings. The zero-order chi connectivity index (χ0) is 24.8. The first-order chi connectivity index (χ1) is 16.5. The predicted octanol–water partition coefficient (Wildman–Crippen LogP) is 1.74. The van der Waals surface area contributed by atoms with Crippen LogP contribution in [0.3, 0.4) is 0 Å². The molecule has 2 rings (SSSR count). The van der Waals surface area contributed by atoms with Crippen LogP contribution in [0.5, 0.6) is 11.5 Å². The van der Waals surface area contributed by atoms with E-state index in [2.05, 4.69) is 21.3 Å². The molecule has 0 aliphatic rings. The highest BCUT2D eigenvalue weighted by Crippen LogP contribution is 2.27. The van der Waals surface area contributed by atoms with E-state index in [1.165, 1.54) is 12.1 Å². The number of hydrogen-bond acceptors (Lipinski definition) is 8. The maximum atomic E-state index is 10.6. The minimum Gasteiger partial charge on any atom is -0.506 e. The Labute approximate surface area is 199 Å². The average molecular weight is 475 g/mol. The van der Waals surface area contributed by atoms with Crippen LogP contribution in [0.25, 0.3) is 0 Å². The number of hydrogen-bond donors (Lipinski definition) is 8. The molecule has 0 aliphatic heterocycles. The van der Waals surface area contributed by atoms with Gasteiger partial charge in [-0.25, -0.2) is 0 Å². The van der Waals surface area contributed by atoms with Crippen molar-refractivity contribution in [3.63, 3.8) is 0 Å². The van der Waals surface area contributed by atoms with E-state index in [-0.39, 0.29) is 22.9 Å². The van der Waals surface area contributed by atoms with E-state index in [0.717, 1.165) is 38.8 Å². The first-order valence-electron chi connectivity index (χ1n) is 11.3. The number of benzene rings is 2. The number of aliphatic hydroxyl groups is 2. The smallest absolute Gasteiger partial charge is 0.211 e. The van der Waals surface area contributed by atoms with E-state index in [1.807, 2.05) is 0 Å². The summed E-state index contributed by atoms with van der Waals surface area (Å²) in [5.41, 5.74) is 1.73. The van der Waals surface area contributed by atoms with Crippen molar-refractivity contribution in [1.29, 1.82) is 0 Å². The van der Waals surface area contributed by atoms with Crippen LogP contribution in [-0.2, 0) is 9.59 Å². The number of phenolic OH excluding ortho intramolecular Hbond substituents is 2. The quantitative estimate of drug-likeness (QED) is 0.0976. The molecule has 8 N–H and O–H groups in total. The molecule has 0 spiro atoms. The zero-order valence-corrected chi connectivity index (χ0v) is 19.0. The van der Waals surface area contributed by atoms with Crippen LogP contribution in [0, 0.1) is 0 Å². The maximum Gasteiger partial charge on any atom is 0.211 e. The Balaban J connectivity index is 1.54. The Bertz CT molecular complexity index is 838. The molecule has 10 nitrogen and oxygen atoms in total. The van der Waals surface area contributed by atoms with Crippen LogP contribution >= 0.6 is 0 Å². The van der Waals surface area contributed by atoms with Gasteiger partial charge in [-0.15, -0.1) is 0 Å². The summed E-state index contributed by atoms with van der Waals surface area (Å²) >= 11 is 0. The van der Waals surface area contributed by atoms with Gasteiger partial charge in [0.25, 0.3) is 0 Å². The van der Waals surface area contributed by atoms with Gasteiger partial charge in [0.1, 0.15) is 11.5 Å². The summed E-state index contributed by atoms with van der Waals surface area (Å²) in [7, 11) is 0. The summed E-state index contributed by atoms with van der Waals surface area (Å²) in [6.07, 6.45) is 3.43. The molecule has 0 aliphatic carbocycles. The van der Waals surface area contributed by atoms with Gasteiger partial charge in [0.15, 0.2) is 0 Å². The van der Waals surface area contributed by atoms with E-state index >= 15 is 0 Å². The monoisotopic (exact) mass is 474 g/mol. The summed E-state index contributed by atoms with van der Waals surface area (Å²) in [5.74, 6) is -0.109. The van der Waals surface area contributed by atoms with Gasteiger partial charge >= 0.3 is 0 Å².